The predicted octanol–water partition coefficient (Wildman–Crippen LogP) is 14.7. The lowest BCUT2D eigenvalue weighted by Crippen LogP contribution is -1.82. The zero-order valence-corrected chi connectivity index (χ0v) is 29.1. The van der Waals surface area contributed by atoms with Gasteiger partial charge in [0.05, 0.1) is 0 Å². The monoisotopic (exact) mass is 683 g/mol. The van der Waals surface area contributed by atoms with Crippen LogP contribution in [0.5, 0.6) is 0 Å². The molecule has 11 rings (SSSR count). The van der Waals surface area contributed by atoms with Crippen LogP contribution in [0.2, 0.25) is 0 Å². The highest BCUT2D eigenvalue weighted by Crippen LogP contribution is 2.42. The second-order valence-electron chi connectivity index (χ2n) is 13.4. The molecule has 1 nitrogen and oxygen atoms in total. The van der Waals surface area contributed by atoms with E-state index in [0.29, 0.717) is 0 Å². The molecule has 3 heteroatoms. The summed E-state index contributed by atoms with van der Waals surface area (Å²) in [6, 6.07) is 62.5. The van der Waals surface area contributed by atoms with Crippen molar-refractivity contribution in [2.24, 2.45) is 0 Å². The smallest absolute Gasteiger partial charge is 0.0471 e. The Hall–Kier alpha value is -6.00. The Labute approximate surface area is 302 Å². The SMILES string of the molecule is c1cc(-c2ccc3c(c2)[nH]c2cc(-c4cccc(-c5cccc6c5sc5ccccc56)c4)ccc23)cc(-c2cccc3c2sc2ccccc23)c1. The number of benzene rings is 8. The highest BCUT2D eigenvalue weighted by molar-refractivity contribution is 7.26. The Balaban J connectivity index is 0.960. The van der Waals surface area contributed by atoms with Crippen molar-refractivity contribution in [1.82, 2.24) is 4.98 Å². The summed E-state index contributed by atoms with van der Waals surface area (Å²) in [6.07, 6.45) is 0. The lowest BCUT2D eigenvalue weighted by molar-refractivity contribution is 1.53. The summed E-state index contributed by atoms with van der Waals surface area (Å²) in [7, 11) is 0. The summed E-state index contributed by atoms with van der Waals surface area (Å²) in [4.78, 5) is 3.77. The van der Waals surface area contributed by atoms with E-state index in [9.17, 15) is 0 Å². The molecule has 8 aromatic carbocycles. The molecule has 11 aromatic rings. The molecule has 0 radical (unpaired) electrons. The lowest BCUT2D eigenvalue weighted by atomic mass is 9.96. The Morgan fingerprint density at radius 3 is 1.22 bits per heavy atom. The number of aromatic nitrogens is 1. The summed E-state index contributed by atoms with van der Waals surface area (Å²) in [5, 5.41) is 7.82. The first-order valence-corrected chi connectivity index (χ1v) is 19.0. The fraction of sp³-hybridized carbons (Fsp3) is 0. The van der Waals surface area contributed by atoms with Gasteiger partial charge in [0.1, 0.15) is 0 Å². The number of aromatic amines is 1. The van der Waals surface area contributed by atoms with Crippen molar-refractivity contribution < 1.29 is 0 Å². The average Bonchev–Trinajstić information content (AvgIpc) is 3.88. The normalized spacial score (nSPS) is 11.9. The van der Waals surface area contributed by atoms with Crippen LogP contribution in [0.1, 0.15) is 0 Å². The van der Waals surface area contributed by atoms with Crippen molar-refractivity contribution in [2.45, 2.75) is 0 Å². The molecule has 0 fully saturated rings. The molecule has 238 valence electrons. The Bertz CT molecular complexity index is 2940. The first kappa shape index (κ1) is 28.8. The molecule has 0 aliphatic carbocycles. The van der Waals surface area contributed by atoms with E-state index in [1.807, 2.05) is 22.7 Å². The first-order chi connectivity index (χ1) is 25.2. The van der Waals surface area contributed by atoms with Crippen molar-refractivity contribution in [3.63, 3.8) is 0 Å². The van der Waals surface area contributed by atoms with Crippen LogP contribution in [-0.2, 0) is 0 Å². The van der Waals surface area contributed by atoms with Crippen molar-refractivity contribution in [3.8, 4) is 44.5 Å². The maximum atomic E-state index is 3.77. The van der Waals surface area contributed by atoms with E-state index in [4.69, 9.17) is 0 Å². The van der Waals surface area contributed by atoms with Crippen LogP contribution >= 0.6 is 22.7 Å². The van der Waals surface area contributed by atoms with Gasteiger partial charge in [0, 0.05) is 62.2 Å². The lowest BCUT2D eigenvalue weighted by Gasteiger charge is -2.08. The van der Waals surface area contributed by atoms with E-state index in [-0.39, 0.29) is 0 Å². The highest BCUT2D eigenvalue weighted by Gasteiger charge is 2.14. The highest BCUT2D eigenvalue weighted by atomic mass is 32.1. The van der Waals surface area contributed by atoms with E-state index < -0.39 is 0 Å². The summed E-state index contributed by atoms with van der Waals surface area (Å²) in [6.45, 7) is 0. The predicted molar refractivity (Wildman–Crippen MR) is 223 cm³/mol. The topological polar surface area (TPSA) is 15.8 Å². The Kier molecular flexibility index (Phi) is 6.36. The third-order valence-electron chi connectivity index (χ3n) is 10.4. The molecule has 0 saturated carbocycles. The fourth-order valence-corrected chi connectivity index (χ4v) is 10.4. The molecule has 0 bridgehead atoms. The van der Waals surface area contributed by atoms with Gasteiger partial charge in [-0.25, -0.2) is 0 Å². The molecule has 0 atom stereocenters. The number of thiophene rings is 2. The third kappa shape index (κ3) is 4.59. The number of hydrogen-bond donors (Lipinski definition) is 1. The third-order valence-corrected chi connectivity index (χ3v) is 12.9. The van der Waals surface area contributed by atoms with Gasteiger partial charge in [0.2, 0.25) is 0 Å². The number of H-pyrrole nitrogens is 1. The average molecular weight is 684 g/mol. The van der Waals surface area contributed by atoms with Gasteiger partial charge in [0.25, 0.3) is 0 Å². The largest absolute Gasteiger partial charge is 0.354 e. The molecule has 0 unspecified atom stereocenters. The van der Waals surface area contributed by atoms with Crippen LogP contribution in [0.25, 0.3) is 107 Å². The second-order valence-corrected chi connectivity index (χ2v) is 15.5. The molecule has 51 heavy (non-hydrogen) atoms. The van der Waals surface area contributed by atoms with Gasteiger partial charge in [-0.2, -0.15) is 0 Å². The van der Waals surface area contributed by atoms with E-state index in [1.54, 1.807) is 0 Å². The number of nitrogens with one attached hydrogen (secondary N) is 1. The maximum absolute atomic E-state index is 3.77. The molecule has 3 aromatic heterocycles. The van der Waals surface area contributed by atoms with Crippen LogP contribution in [0.4, 0.5) is 0 Å². The van der Waals surface area contributed by atoms with Gasteiger partial charge in [-0.15, -0.1) is 22.7 Å². The minimum atomic E-state index is 1.15. The van der Waals surface area contributed by atoms with Gasteiger partial charge >= 0.3 is 0 Å². The van der Waals surface area contributed by atoms with E-state index in [2.05, 4.69) is 175 Å². The van der Waals surface area contributed by atoms with Crippen LogP contribution < -0.4 is 0 Å². The minimum absolute atomic E-state index is 1.15. The molecule has 3 heterocycles. The molecule has 1 N–H and O–H groups in total. The van der Waals surface area contributed by atoms with Gasteiger partial charge in [0.15, 0.2) is 0 Å². The number of rotatable bonds is 4. The Morgan fingerprint density at radius 2 is 0.706 bits per heavy atom. The standard InChI is InChI=1S/C48H29NS2/c1-3-19-45-39(13-1)41-17-7-15-35(47(41)50-45)33-11-5-9-29(25-33)31-21-23-37-38-24-22-32(28-44(38)49-43(37)27-31)30-10-6-12-34(26-30)36-16-8-18-42-40-14-2-4-20-46(40)51-48(36)42/h1-28,49H. The first-order valence-electron chi connectivity index (χ1n) is 17.3. The summed E-state index contributed by atoms with van der Waals surface area (Å²) in [5.41, 5.74) is 12.2. The van der Waals surface area contributed by atoms with Gasteiger partial charge < -0.3 is 4.98 Å². The summed E-state index contributed by atoms with van der Waals surface area (Å²) in [5.74, 6) is 0. The van der Waals surface area contributed by atoms with Gasteiger partial charge in [-0.05, 0) is 80.9 Å². The quantitative estimate of drug-likeness (QED) is 0.190. The van der Waals surface area contributed by atoms with Crippen molar-refractivity contribution in [3.05, 3.63) is 170 Å². The van der Waals surface area contributed by atoms with Crippen LogP contribution in [0.3, 0.4) is 0 Å². The minimum Gasteiger partial charge on any atom is -0.354 e. The van der Waals surface area contributed by atoms with E-state index in [1.165, 1.54) is 95.6 Å². The molecule has 0 aliphatic heterocycles. The molecule has 0 amide bonds. The van der Waals surface area contributed by atoms with Crippen molar-refractivity contribution in [2.75, 3.05) is 0 Å². The van der Waals surface area contributed by atoms with Crippen molar-refractivity contribution >= 4 is 84.8 Å². The van der Waals surface area contributed by atoms with E-state index >= 15 is 0 Å². The van der Waals surface area contributed by atoms with Crippen LogP contribution in [-0.4, -0.2) is 4.98 Å². The number of fused-ring (bicyclic) bond motifs is 9. The molecule has 0 saturated heterocycles. The fourth-order valence-electron chi connectivity index (χ4n) is 7.95. The van der Waals surface area contributed by atoms with Crippen LogP contribution in [0, 0.1) is 0 Å². The van der Waals surface area contributed by atoms with Gasteiger partial charge in [-0.1, -0.05) is 133 Å². The van der Waals surface area contributed by atoms with E-state index in [0.717, 1.165) is 11.0 Å². The van der Waals surface area contributed by atoms with Gasteiger partial charge in [-0.3, -0.25) is 0 Å². The summed E-state index contributed by atoms with van der Waals surface area (Å²) >= 11 is 3.77. The Morgan fingerprint density at radius 1 is 0.294 bits per heavy atom. The molecule has 0 aliphatic rings. The second kappa shape index (κ2) is 11.3. The molecule has 0 spiro atoms. The van der Waals surface area contributed by atoms with Crippen LogP contribution in [0.15, 0.2) is 170 Å². The zero-order chi connectivity index (χ0) is 33.5. The summed E-state index contributed by atoms with van der Waals surface area (Å²) < 4.78 is 5.36. The van der Waals surface area contributed by atoms with Crippen molar-refractivity contribution in [1.29, 1.82) is 0 Å². The molecular weight excluding hydrogens is 655 g/mol. The zero-order valence-electron chi connectivity index (χ0n) is 27.5. The number of hydrogen-bond acceptors (Lipinski definition) is 2. The maximum Gasteiger partial charge on any atom is 0.0471 e. The molecular formula is C48H29NS2.